The fourth-order valence-corrected chi connectivity index (χ4v) is 4.59. The zero-order valence-corrected chi connectivity index (χ0v) is 17.1. The number of rotatable bonds is 4. The minimum atomic E-state index is -0.100. The van der Waals surface area contributed by atoms with Crippen molar-refractivity contribution in [3.63, 3.8) is 0 Å². The Morgan fingerprint density at radius 3 is 3.00 bits per heavy atom. The van der Waals surface area contributed by atoms with Gasteiger partial charge in [0.25, 0.3) is 5.56 Å². The third-order valence-corrected chi connectivity index (χ3v) is 6.15. The normalized spacial score (nSPS) is 20.3. The molecule has 2 aliphatic rings. The molecule has 2 aromatic rings. The molecule has 2 amide bonds. The maximum Gasteiger partial charge on any atom is 0.262 e. The van der Waals surface area contributed by atoms with Crippen LogP contribution in [0.5, 0.6) is 0 Å². The van der Waals surface area contributed by atoms with E-state index in [1.54, 1.807) is 6.07 Å². The van der Waals surface area contributed by atoms with E-state index in [0.717, 1.165) is 24.2 Å². The van der Waals surface area contributed by atoms with Crippen LogP contribution in [0.15, 0.2) is 22.6 Å². The summed E-state index contributed by atoms with van der Waals surface area (Å²) in [5, 5.41) is 5.53. The highest BCUT2D eigenvalue weighted by molar-refractivity contribution is 7.16. The number of thiophene rings is 1. The lowest BCUT2D eigenvalue weighted by atomic mass is 10.0. The van der Waals surface area contributed by atoms with Gasteiger partial charge in [-0.15, -0.1) is 23.7 Å². The van der Waals surface area contributed by atoms with Crippen LogP contribution in [0.1, 0.15) is 19.3 Å². The zero-order valence-electron chi connectivity index (χ0n) is 15.5. The van der Waals surface area contributed by atoms with Gasteiger partial charge in [-0.05, 0) is 24.3 Å². The molecule has 0 radical (unpaired) electrons. The predicted molar refractivity (Wildman–Crippen MR) is 110 cm³/mol. The number of aromatic nitrogens is 2. The fraction of sp³-hybridized carbons (Fsp3) is 0.556. The van der Waals surface area contributed by atoms with E-state index in [4.69, 9.17) is 0 Å². The van der Waals surface area contributed by atoms with Crippen molar-refractivity contribution in [1.29, 1.82) is 0 Å². The molecule has 0 aliphatic carbocycles. The van der Waals surface area contributed by atoms with E-state index in [1.807, 2.05) is 15.2 Å². The first-order valence-electron chi connectivity index (χ1n) is 9.34. The lowest BCUT2D eigenvalue weighted by Crippen LogP contribution is -2.57. The van der Waals surface area contributed by atoms with Crippen molar-refractivity contribution in [2.24, 2.45) is 0 Å². The second-order valence-electron chi connectivity index (χ2n) is 7.03. The molecule has 2 fully saturated rings. The Kier molecular flexibility index (Phi) is 6.69. The number of fused-ring (bicyclic) bond motifs is 1. The van der Waals surface area contributed by atoms with Crippen LogP contribution in [0.4, 0.5) is 0 Å². The lowest BCUT2D eigenvalue weighted by molar-refractivity contribution is -0.140. The molecule has 2 saturated heterocycles. The van der Waals surface area contributed by atoms with E-state index in [2.05, 4.69) is 10.3 Å². The number of amides is 2. The van der Waals surface area contributed by atoms with Gasteiger partial charge in [0.2, 0.25) is 11.8 Å². The minimum Gasteiger partial charge on any atom is -0.341 e. The number of halogens is 1. The lowest BCUT2D eigenvalue weighted by Gasteiger charge is -2.41. The second-order valence-corrected chi connectivity index (χ2v) is 7.93. The standard InChI is InChI=1S/C18H23N5O3S.ClH/c24-15(3-7-22-12-20-17-14(18(22)26)4-9-27-17)21-6-1-2-13(11-21)23-8-5-19-10-16(23)25;/h4,9,12-13,19H,1-3,5-8,10-11H2;1H. The quantitative estimate of drug-likeness (QED) is 0.778. The summed E-state index contributed by atoms with van der Waals surface area (Å²) in [6.07, 6.45) is 3.62. The Bertz CT molecular complexity index is 914. The highest BCUT2D eigenvalue weighted by atomic mass is 35.5. The Labute approximate surface area is 172 Å². The monoisotopic (exact) mass is 425 g/mol. The smallest absolute Gasteiger partial charge is 0.262 e. The van der Waals surface area contributed by atoms with Crippen molar-refractivity contribution in [3.8, 4) is 0 Å². The van der Waals surface area contributed by atoms with Crippen LogP contribution >= 0.6 is 23.7 Å². The highest BCUT2D eigenvalue weighted by Crippen LogP contribution is 2.18. The molecular formula is C18H24ClN5O3S. The van der Waals surface area contributed by atoms with E-state index < -0.39 is 0 Å². The van der Waals surface area contributed by atoms with Gasteiger partial charge in [0, 0.05) is 45.2 Å². The molecule has 0 spiro atoms. The van der Waals surface area contributed by atoms with Gasteiger partial charge in [0.15, 0.2) is 0 Å². The third kappa shape index (κ3) is 4.21. The number of nitrogens with one attached hydrogen (secondary N) is 1. The van der Waals surface area contributed by atoms with E-state index >= 15 is 0 Å². The number of piperazine rings is 1. The largest absolute Gasteiger partial charge is 0.341 e. The highest BCUT2D eigenvalue weighted by Gasteiger charge is 2.31. The van der Waals surface area contributed by atoms with Crippen molar-refractivity contribution in [2.45, 2.75) is 31.8 Å². The summed E-state index contributed by atoms with van der Waals surface area (Å²) in [6, 6.07) is 1.87. The van der Waals surface area contributed by atoms with Crippen LogP contribution in [-0.2, 0) is 16.1 Å². The SMILES string of the molecule is Cl.O=C(CCn1cnc2sccc2c1=O)N1CCCC(N2CCNCC2=O)C1. The summed E-state index contributed by atoms with van der Waals surface area (Å²) in [5.41, 5.74) is -0.100. The van der Waals surface area contributed by atoms with E-state index in [0.29, 0.717) is 38.1 Å². The van der Waals surface area contributed by atoms with Crippen LogP contribution in [0.3, 0.4) is 0 Å². The molecule has 1 N–H and O–H groups in total. The van der Waals surface area contributed by atoms with Gasteiger partial charge in [-0.2, -0.15) is 0 Å². The summed E-state index contributed by atoms with van der Waals surface area (Å²) >= 11 is 1.43. The molecule has 1 atom stereocenters. The van der Waals surface area contributed by atoms with Crippen molar-refractivity contribution in [1.82, 2.24) is 24.7 Å². The van der Waals surface area contributed by atoms with Gasteiger partial charge >= 0.3 is 0 Å². The molecule has 152 valence electrons. The van der Waals surface area contributed by atoms with E-state index in [9.17, 15) is 14.4 Å². The van der Waals surface area contributed by atoms with Gasteiger partial charge in [-0.3, -0.25) is 19.0 Å². The molecule has 0 bridgehead atoms. The second kappa shape index (κ2) is 9.02. The number of aryl methyl sites for hydroxylation is 1. The van der Waals surface area contributed by atoms with Gasteiger partial charge < -0.3 is 15.1 Å². The fourth-order valence-electron chi connectivity index (χ4n) is 3.87. The Morgan fingerprint density at radius 2 is 2.18 bits per heavy atom. The first-order chi connectivity index (χ1) is 13.1. The zero-order chi connectivity index (χ0) is 18.8. The number of carbonyl (C=O) groups excluding carboxylic acids is 2. The van der Waals surface area contributed by atoms with Crippen LogP contribution in [-0.4, -0.2) is 69.9 Å². The molecule has 0 aromatic carbocycles. The van der Waals surface area contributed by atoms with Crippen molar-refractivity contribution >= 4 is 45.8 Å². The van der Waals surface area contributed by atoms with Crippen LogP contribution in [0.25, 0.3) is 10.2 Å². The number of likely N-dealkylation sites (tertiary alicyclic amines) is 1. The Balaban J connectivity index is 0.00000225. The Hall–Kier alpha value is -1.97. The van der Waals surface area contributed by atoms with Gasteiger partial charge in [0.05, 0.1) is 18.3 Å². The van der Waals surface area contributed by atoms with Gasteiger partial charge in [-0.25, -0.2) is 4.98 Å². The molecule has 0 saturated carbocycles. The molecule has 2 aromatic heterocycles. The topological polar surface area (TPSA) is 87.5 Å². The number of hydrogen-bond donors (Lipinski definition) is 1. The molecule has 1 unspecified atom stereocenters. The summed E-state index contributed by atoms with van der Waals surface area (Å²) in [4.78, 5) is 46.0. The van der Waals surface area contributed by atoms with Crippen LogP contribution in [0, 0.1) is 0 Å². The summed E-state index contributed by atoms with van der Waals surface area (Å²) in [5.74, 6) is 0.141. The maximum atomic E-state index is 12.7. The van der Waals surface area contributed by atoms with Gasteiger partial charge in [-0.1, -0.05) is 0 Å². The summed E-state index contributed by atoms with van der Waals surface area (Å²) < 4.78 is 1.51. The van der Waals surface area contributed by atoms with Crippen LogP contribution in [0.2, 0.25) is 0 Å². The molecule has 2 aliphatic heterocycles. The Morgan fingerprint density at radius 1 is 1.32 bits per heavy atom. The third-order valence-electron chi connectivity index (χ3n) is 5.33. The number of carbonyl (C=O) groups is 2. The molecule has 28 heavy (non-hydrogen) atoms. The van der Waals surface area contributed by atoms with E-state index in [1.165, 1.54) is 22.2 Å². The molecular weight excluding hydrogens is 402 g/mol. The number of hydrogen-bond acceptors (Lipinski definition) is 6. The number of piperidine rings is 1. The number of nitrogens with zero attached hydrogens (tertiary/aromatic N) is 4. The molecule has 4 rings (SSSR count). The van der Waals surface area contributed by atoms with Crippen molar-refractivity contribution < 1.29 is 9.59 Å². The van der Waals surface area contributed by atoms with Crippen molar-refractivity contribution in [3.05, 3.63) is 28.1 Å². The maximum absolute atomic E-state index is 12.7. The minimum absolute atomic E-state index is 0. The molecule has 8 nitrogen and oxygen atoms in total. The summed E-state index contributed by atoms with van der Waals surface area (Å²) in [7, 11) is 0. The first-order valence-corrected chi connectivity index (χ1v) is 10.2. The molecule has 4 heterocycles. The predicted octanol–water partition coefficient (Wildman–Crippen LogP) is 0.693. The first kappa shape index (κ1) is 20.8. The van der Waals surface area contributed by atoms with E-state index in [-0.39, 0.29) is 42.2 Å². The average molecular weight is 426 g/mol. The van der Waals surface area contributed by atoms with Crippen molar-refractivity contribution in [2.75, 3.05) is 32.7 Å². The summed E-state index contributed by atoms with van der Waals surface area (Å²) in [6.45, 7) is 3.51. The van der Waals surface area contributed by atoms with Gasteiger partial charge in [0.1, 0.15) is 4.83 Å². The average Bonchev–Trinajstić information content (AvgIpc) is 3.17. The molecule has 10 heteroatoms. The van der Waals surface area contributed by atoms with Crippen LogP contribution < -0.4 is 10.9 Å².